The van der Waals surface area contributed by atoms with E-state index >= 15 is 4.39 Å². The summed E-state index contributed by atoms with van der Waals surface area (Å²) in [4.78, 5) is 38.6. The lowest BCUT2D eigenvalue weighted by molar-refractivity contribution is -0.132. The van der Waals surface area contributed by atoms with E-state index in [1.807, 2.05) is 11.6 Å². The zero-order valence-electron chi connectivity index (χ0n) is 25.7. The quantitative estimate of drug-likeness (QED) is 0.167. The molecule has 3 rings (SSSR count). The van der Waals surface area contributed by atoms with Gasteiger partial charge >= 0.3 is 0 Å². The smallest absolute Gasteiger partial charge is 0.264 e. The van der Waals surface area contributed by atoms with Crippen molar-refractivity contribution in [1.29, 1.82) is 0 Å². The lowest BCUT2D eigenvalue weighted by Crippen LogP contribution is -2.37. The van der Waals surface area contributed by atoms with E-state index in [4.69, 9.17) is 0 Å². The van der Waals surface area contributed by atoms with Crippen molar-refractivity contribution in [3.05, 3.63) is 89.5 Å². The Morgan fingerprint density at radius 2 is 1.65 bits per heavy atom. The SMILES string of the molecule is CCCCC(=O)N(CCC(=O)NC[C@H](S)Cc1ccccc1F)Cc1ccc(-c2ccccc2S(=O)(=O)NC(=O)[C@H](C)O)cc1F. The monoisotopic (exact) mass is 675 g/mol. The van der Waals surface area contributed by atoms with Crippen molar-refractivity contribution in [1.82, 2.24) is 14.9 Å². The molecule has 248 valence electrons. The Kier molecular flexibility index (Phi) is 13.7. The summed E-state index contributed by atoms with van der Waals surface area (Å²) >= 11 is 4.45. The van der Waals surface area contributed by atoms with Gasteiger partial charge in [-0.25, -0.2) is 21.9 Å². The van der Waals surface area contributed by atoms with Gasteiger partial charge in [0, 0.05) is 48.9 Å². The predicted octanol–water partition coefficient (Wildman–Crippen LogP) is 4.38. The second-order valence-electron chi connectivity index (χ2n) is 10.9. The molecule has 0 radical (unpaired) electrons. The number of unbranched alkanes of at least 4 members (excludes halogenated alkanes) is 1. The fourth-order valence-corrected chi connectivity index (χ4v) is 6.15. The molecule has 0 fully saturated rings. The molecule has 0 saturated heterocycles. The number of amides is 3. The Bertz CT molecular complexity index is 1640. The largest absolute Gasteiger partial charge is 0.384 e. The van der Waals surface area contributed by atoms with Gasteiger partial charge in [-0.15, -0.1) is 0 Å². The molecule has 3 aromatic carbocycles. The van der Waals surface area contributed by atoms with Gasteiger partial charge in [-0.3, -0.25) is 14.4 Å². The molecule has 0 aliphatic rings. The van der Waals surface area contributed by atoms with Gasteiger partial charge in [0.2, 0.25) is 11.8 Å². The van der Waals surface area contributed by atoms with E-state index in [9.17, 15) is 32.3 Å². The molecule has 0 heterocycles. The van der Waals surface area contributed by atoms with E-state index in [2.05, 4.69) is 17.9 Å². The van der Waals surface area contributed by atoms with Gasteiger partial charge in [0.15, 0.2) is 0 Å². The lowest BCUT2D eigenvalue weighted by atomic mass is 10.0. The molecule has 0 bridgehead atoms. The maximum atomic E-state index is 15.5. The molecule has 3 aromatic rings. The van der Waals surface area contributed by atoms with Gasteiger partial charge < -0.3 is 15.3 Å². The summed E-state index contributed by atoms with van der Waals surface area (Å²) in [5.41, 5.74) is 0.998. The zero-order valence-corrected chi connectivity index (χ0v) is 27.4. The topological polar surface area (TPSA) is 133 Å². The van der Waals surface area contributed by atoms with Crippen molar-refractivity contribution in [3.8, 4) is 11.1 Å². The van der Waals surface area contributed by atoms with Gasteiger partial charge in [0.05, 0.1) is 4.90 Å². The van der Waals surface area contributed by atoms with E-state index in [-0.39, 0.29) is 76.9 Å². The van der Waals surface area contributed by atoms with Gasteiger partial charge in [-0.2, -0.15) is 12.6 Å². The van der Waals surface area contributed by atoms with Crippen LogP contribution in [0, 0.1) is 11.6 Å². The first-order chi connectivity index (χ1) is 21.8. The number of rotatable bonds is 16. The minimum Gasteiger partial charge on any atom is -0.384 e. The number of hydrogen-bond donors (Lipinski definition) is 4. The summed E-state index contributed by atoms with van der Waals surface area (Å²) in [6.07, 6.45) is 0.341. The number of carbonyl (C=O) groups excluding carboxylic acids is 3. The molecule has 13 heteroatoms. The lowest BCUT2D eigenvalue weighted by Gasteiger charge is -2.23. The summed E-state index contributed by atoms with van der Waals surface area (Å²) in [5, 5.41) is 11.9. The number of benzene rings is 3. The average molecular weight is 676 g/mol. The van der Waals surface area contributed by atoms with Crippen LogP contribution in [-0.4, -0.2) is 60.6 Å². The van der Waals surface area contributed by atoms with E-state index in [0.717, 1.165) is 19.4 Å². The maximum Gasteiger partial charge on any atom is 0.264 e. The van der Waals surface area contributed by atoms with Crippen LogP contribution in [0.2, 0.25) is 0 Å². The molecule has 0 aromatic heterocycles. The molecule has 0 saturated carbocycles. The minimum absolute atomic E-state index is 0.0319. The number of thiol groups is 1. The zero-order chi connectivity index (χ0) is 33.9. The molecule has 3 amide bonds. The number of sulfonamides is 1. The number of nitrogens with one attached hydrogen (secondary N) is 2. The van der Waals surface area contributed by atoms with E-state index in [0.29, 0.717) is 18.4 Å². The summed E-state index contributed by atoms with van der Waals surface area (Å²) in [7, 11) is -4.38. The third-order valence-corrected chi connectivity index (χ3v) is 8.94. The van der Waals surface area contributed by atoms with Crippen LogP contribution in [0.15, 0.2) is 71.6 Å². The van der Waals surface area contributed by atoms with Crippen molar-refractivity contribution >= 4 is 40.4 Å². The summed E-state index contributed by atoms with van der Waals surface area (Å²) < 4.78 is 57.0. The molecular formula is C33H39F2N3O6S2. The molecule has 0 spiro atoms. The van der Waals surface area contributed by atoms with Gasteiger partial charge in [-0.05, 0) is 49.1 Å². The molecule has 46 heavy (non-hydrogen) atoms. The molecular weight excluding hydrogens is 637 g/mol. The highest BCUT2D eigenvalue weighted by atomic mass is 32.2. The van der Waals surface area contributed by atoms with Crippen LogP contribution in [0.1, 0.15) is 50.7 Å². The highest BCUT2D eigenvalue weighted by Crippen LogP contribution is 2.29. The van der Waals surface area contributed by atoms with Gasteiger partial charge in [0.1, 0.15) is 17.7 Å². The van der Waals surface area contributed by atoms with Crippen LogP contribution >= 0.6 is 12.6 Å². The highest BCUT2D eigenvalue weighted by molar-refractivity contribution is 7.90. The summed E-state index contributed by atoms with van der Waals surface area (Å²) in [6.45, 7) is 3.17. The van der Waals surface area contributed by atoms with Crippen LogP contribution < -0.4 is 10.0 Å². The number of carbonyl (C=O) groups is 3. The Labute approximate surface area is 273 Å². The van der Waals surface area contributed by atoms with Crippen molar-refractivity contribution in [3.63, 3.8) is 0 Å². The molecule has 0 aliphatic heterocycles. The van der Waals surface area contributed by atoms with E-state index in [1.54, 1.807) is 24.3 Å². The molecule has 9 nitrogen and oxygen atoms in total. The highest BCUT2D eigenvalue weighted by Gasteiger charge is 2.24. The second-order valence-corrected chi connectivity index (χ2v) is 13.3. The van der Waals surface area contributed by atoms with Crippen molar-refractivity contribution in [2.75, 3.05) is 13.1 Å². The minimum atomic E-state index is -4.38. The average Bonchev–Trinajstić information content (AvgIpc) is 3.02. The predicted molar refractivity (Wildman–Crippen MR) is 174 cm³/mol. The van der Waals surface area contributed by atoms with Crippen LogP contribution in [0.3, 0.4) is 0 Å². The standard InChI is InChI=1S/C33H39F2N3O6S2/c1-3-4-13-32(41)38(17-16-31(40)36-20-26(45)18-24-9-5-7-11-28(24)34)21-25-15-14-23(19-29(25)35)27-10-6-8-12-30(27)46(43,44)37-33(42)22(2)39/h5-12,14-15,19,22,26,39,45H,3-4,13,16-18,20-21H2,1-2H3,(H,36,40)(H,37,42)/t22-,26+/m0/s1. The fraction of sp³-hybridized carbons (Fsp3) is 0.364. The number of hydrogen-bond acceptors (Lipinski definition) is 7. The summed E-state index contributed by atoms with van der Waals surface area (Å²) in [6, 6.07) is 16.2. The van der Waals surface area contributed by atoms with Crippen LogP contribution in [0.5, 0.6) is 0 Å². The molecule has 3 N–H and O–H groups in total. The van der Waals surface area contributed by atoms with E-state index < -0.39 is 27.9 Å². The Morgan fingerprint density at radius 3 is 2.33 bits per heavy atom. The van der Waals surface area contributed by atoms with Crippen LogP contribution in [0.4, 0.5) is 8.78 Å². The number of halogens is 2. The van der Waals surface area contributed by atoms with Crippen molar-refractivity contribution < 1.29 is 36.7 Å². The Morgan fingerprint density at radius 1 is 0.957 bits per heavy atom. The first-order valence-electron chi connectivity index (χ1n) is 14.9. The van der Waals surface area contributed by atoms with Crippen LogP contribution in [0.25, 0.3) is 11.1 Å². The van der Waals surface area contributed by atoms with E-state index in [1.165, 1.54) is 41.3 Å². The van der Waals surface area contributed by atoms with Crippen molar-refractivity contribution in [2.24, 2.45) is 0 Å². The summed E-state index contributed by atoms with van der Waals surface area (Å²) in [5.74, 6) is -2.72. The van der Waals surface area contributed by atoms with Crippen LogP contribution in [-0.2, 0) is 37.4 Å². The third kappa shape index (κ3) is 10.6. The maximum absolute atomic E-state index is 15.5. The Hall–Kier alpha value is -3.81. The first-order valence-corrected chi connectivity index (χ1v) is 16.9. The third-order valence-electron chi connectivity index (χ3n) is 7.17. The molecule has 2 atom stereocenters. The van der Waals surface area contributed by atoms with Gasteiger partial charge in [0.25, 0.3) is 15.9 Å². The molecule has 0 unspecified atom stereocenters. The first kappa shape index (κ1) is 36.7. The number of aliphatic hydroxyl groups excluding tert-OH is 1. The fourth-order valence-electron chi connectivity index (χ4n) is 4.59. The van der Waals surface area contributed by atoms with Gasteiger partial charge in [-0.1, -0.05) is 61.9 Å². The van der Waals surface area contributed by atoms with Crippen molar-refractivity contribution in [2.45, 2.75) is 68.7 Å². The number of aliphatic hydroxyl groups is 1. The Balaban J connectivity index is 1.71. The second kappa shape index (κ2) is 17.2. The molecule has 0 aliphatic carbocycles. The number of nitrogens with zero attached hydrogens (tertiary/aromatic N) is 1. The normalized spacial score (nSPS) is 12.7.